The van der Waals surface area contributed by atoms with Crippen LogP contribution in [0, 0.1) is 0 Å². The molecule has 1 aliphatic rings. The number of methoxy groups -OCH3 is 1. The SMILES string of the molecule is CN=C(NCc1cccc(OC)c1OC1CCCC1)NCc1ncnn1C.I. The third-order valence-corrected chi connectivity index (χ3v) is 4.76. The van der Waals surface area contributed by atoms with Gasteiger partial charge in [-0.15, -0.1) is 24.0 Å². The van der Waals surface area contributed by atoms with Crippen molar-refractivity contribution in [2.45, 2.75) is 44.9 Å². The van der Waals surface area contributed by atoms with Gasteiger partial charge < -0.3 is 20.1 Å². The molecule has 154 valence electrons. The van der Waals surface area contributed by atoms with Crippen LogP contribution >= 0.6 is 24.0 Å². The smallest absolute Gasteiger partial charge is 0.191 e. The van der Waals surface area contributed by atoms with E-state index in [4.69, 9.17) is 9.47 Å². The second-order valence-corrected chi connectivity index (χ2v) is 6.55. The molecule has 28 heavy (non-hydrogen) atoms. The van der Waals surface area contributed by atoms with E-state index in [1.165, 1.54) is 19.2 Å². The summed E-state index contributed by atoms with van der Waals surface area (Å²) in [6, 6.07) is 5.97. The average molecular weight is 500 g/mol. The van der Waals surface area contributed by atoms with Crippen LogP contribution in [-0.4, -0.2) is 41.0 Å². The lowest BCUT2D eigenvalue weighted by atomic mass is 10.1. The third-order valence-electron chi connectivity index (χ3n) is 4.76. The van der Waals surface area contributed by atoms with Crippen LogP contribution in [0.2, 0.25) is 0 Å². The van der Waals surface area contributed by atoms with Gasteiger partial charge in [0.25, 0.3) is 0 Å². The van der Waals surface area contributed by atoms with E-state index in [9.17, 15) is 0 Å². The summed E-state index contributed by atoms with van der Waals surface area (Å²) in [4.78, 5) is 8.48. The average Bonchev–Trinajstić information content (AvgIpc) is 3.34. The molecule has 1 aliphatic carbocycles. The number of ether oxygens (including phenoxy) is 2. The molecule has 1 heterocycles. The lowest BCUT2D eigenvalue weighted by Gasteiger charge is -2.20. The van der Waals surface area contributed by atoms with Crippen molar-refractivity contribution in [1.29, 1.82) is 0 Å². The number of aliphatic imine (C=N–C) groups is 1. The summed E-state index contributed by atoms with van der Waals surface area (Å²) in [5, 5.41) is 10.6. The summed E-state index contributed by atoms with van der Waals surface area (Å²) in [5.41, 5.74) is 1.04. The second kappa shape index (κ2) is 11.1. The Morgan fingerprint density at radius 3 is 2.64 bits per heavy atom. The van der Waals surface area contributed by atoms with Crippen molar-refractivity contribution < 1.29 is 9.47 Å². The van der Waals surface area contributed by atoms with Crippen molar-refractivity contribution >= 4 is 29.9 Å². The Bertz CT molecular complexity index is 774. The van der Waals surface area contributed by atoms with Gasteiger partial charge in [-0.1, -0.05) is 12.1 Å². The molecule has 9 heteroatoms. The number of nitrogens with zero attached hydrogens (tertiary/aromatic N) is 4. The van der Waals surface area contributed by atoms with Gasteiger partial charge in [0.1, 0.15) is 12.2 Å². The maximum absolute atomic E-state index is 6.28. The van der Waals surface area contributed by atoms with Crippen LogP contribution in [0.3, 0.4) is 0 Å². The molecule has 2 N–H and O–H groups in total. The molecule has 3 rings (SSSR count). The lowest BCUT2D eigenvalue weighted by molar-refractivity contribution is 0.198. The standard InChI is InChI=1S/C19H28N6O2.HI/c1-20-19(22-12-17-23-13-24-25(17)2)21-11-14-7-6-10-16(26-3)18(14)27-15-8-4-5-9-15;/h6-7,10,13,15H,4-5,8-9,11-12H2,1-3H3,(H2,20,21,22);1H. The zero-order valence-corrected chi connectivity index (χ0v) is 19.0. The van der Waals surface area contributed by atoms with E-state index in [0.29, 0.717) is 19.0 Å². The number of halogens is 1. The predicted molar refractivity (Wildman–Crippen MR) is 119 cm³/mol. The fourth-order valence-electron chi connectivity index (χ4n) is 3.21. The van der Waals surface area contributed by atoms with Gasteiger partial charge in [-0.3, -0.25) is 9.67 Å². The minimum Gasteiger partial charge on any atom is -0.493 e. The van der Waals surface area contributed by atoms with E-state index < -0.39 is 0 Å². The van der Waals surface area contributed by atoms with Gasteiger partial charge in [0.05, 0.1) is 19.8 Å². The summed E-state index contributed by atoms with van der Waals surface area (Å²) < 4.78 is 13.5. The molecule has 8 nitrogen and oxygen atoms in total. The molecular formula is C19H29IN6O2. The molecule has 0 spiro atoms. The second-order valence-electron chi connectivity index (χ2n) is 6.55. The highest BCUT2D eigenvalue weighted by molar-refractivity contribution is 14.0. The number of benzene rings is 1. The Balaban J connectivity index is 0.00000280. The quantitative estimate of drug-likeness (QED) is 0.346. The van der Waals surface area contributed by atoms with Gasteiger partial charge >= 0.3 is 0 Å². The highest BCUT2D eigenvalue weighted by Gasteiger charge is 2.20. The number of guanidine groups is 1. The summed E-state index contributed by atoms with van der Waals surface area (Å²) >= 11 is 0. The van der Waals surface area contributed by atoms with E-state index in [1.54, 1.807) is 18.8 Å². The number of rotatable bonds is 7. The Labute approximate surface area is 183 Å². The van der Waals surface area contributed by atoms with Crippen LogP contribution in [0.1, 0.15) is 37.1 Å². The van der Waals surface area contributed by atoms with Crippen molar-refractivity contribution in [2.75, 3.05) is 14.2 Å². The molecule has 0 atom stereocenters. The van der Waals surface area contributed by atoms with Crippen LogP contribution < -0.4 is 20.1 Å². The molecule has 0 saturated heterocycles. The number of aromatic nitrogens is 3. The number of para-hydroxylation sites is 1. The Morgan fingerprint density at radius 2 is 2.00 bits per heavy atom. The van der Waals surface area contributed by atoms with Crippen LogP contribution in [0.25, 0.3) is 0 Å². The first kappa shape index (κ1) is 22.3. The van der Waals surface area contributed by atoms with Crippen molar-refractivity contribution in [1.82, 2.24) is 25.4 Å². The first-order valence-electron chi connectivity index (χ1n) is 9.31. The normalized spacial score (nSPS) is 14.5. The van der Waals surface area contributed by atoms with Gasteiger partial charge in [-0.25, -0.2) is 4.98 Å². The highest BCUT2D eigenvalue weighted by Crippen LogP contribution is 2.34. The maximum Gasteiger partial charge on any atom is 0.191 e. The summed E-state index contributed by atoms with van der Waals surface area (Å²) in [6.07, 6.45) is 6.47. The molecule has 1 aromatic carbocycles. The Kier molecular flexibility index (Phi) is 8.81. The number of nitrogens with one attached hydrogen (secondary N) is 2. The predicted octanol–water partition coefficient (Wildman–Crippen LogP) is 2.63. The highest BCUT2D eigenvalue weighted by atomic mass is 127. The van der Waals surface area contributed by atoms with Gasteiger partial charge in [-0.05, 0) is 31.7 Å². The molecule has 2 aromatic rings. The molecule has 1 saturated carbocycles. The first-order chi connectivity index (χ1) is 13.2. The third kappa shape index (κ3) is 5.73. The van der Waals surface area contributed by atoms with Crippen molar-refractivity contribution in [3.05, 3.63) is 35.9 Å². The number of hydrogen-bond acceptors (Lipinski definition) is 5. The molecule has 0 unspecified atom stereocenters. The van der Waals surface area contributed by atoms with E-state index in [0.717, 1.165) is 35.7 Å². The van der Waals surface area contributed by atoms with E-state index in [1.807, 2.05) is 19.2 Å². The topological polar surface area (TPSA) is 85.6 Å². The Hall–Kier alpha value is -2.04. The van der Waals surface area contributed by atoms with Crippen LogP contribution in [-0.2, 0) is 20.1 Å². The minimum absolute atomic E-state index is 0. The summed E-state index contributed by atoms with van der Waals surface area (Å²) in [7, 11) is 5.28. The maximum atomic E-state index is 6.28. The van der Waals surface area contributed by atoms with Gasteiger partial charge in [0.2, 0.25) is 0 Å². The molecular weight excluding hydrogens is 471 g/mol. The molecule has 0 amide bonds. The fourth-order valence-corrected chi connectivity index (χ4v) is 3.21. The van der Waals surface area contributed by atoms with Gasteiger partial charge in [0, 0.05) is 26.2 Å². The Morgan fingerprint density at radius 1 is 1.25 bits per heavy atom. The van der Waals surface area contributed by atoms with Gasteiger partial charge in [-0.2, -0.15) is 5.10 Å². The minimum atomic E-state index is 0. The van der Waals surface area contributed by atoms with E-state index in [2.05, 4.69) is 31.8 Å². The van der Waals surface area contributed by atoms with Crippen LogP contribution in [0.5, 0.6) is 11.5 Å². The molecule has 0 aliphatic heterocycles. The number of hydrogen-bond donors (Lipinski definition) is 2. The fraction of sp³-hybridized carbons (Fsp3) is 0.526. The largest absolute Gasteiger partial charge is 0.493 e. The number of aryl methyl sites for hydroxylation is 1. The van der Waals surface area contributed by atoms with Crippen molar-refractivity contribution in [2.24, 2.45) is 12.0 Å². The zero-order chi connectivity index (χ0) is 19.1. The summed E-state index contributed by atoms with van der Waals surface area (Å²) in [6.45, 7) is 1.12. The molecule has 0 radical (unpaired) electrons. The lowest BCUT2D eigenvalue weighted by Crippen LogP contribution is -2.37. The summed E-state index contributed by atoms with van der Waals surface area (Å²) in [5.74, 6) is 3.11. The molecule has 1 aromatic heterocycles. The van der Waals surface area contributed by atoms with Crippen molar-refractivity contribution in [3.8, 4) is 11.5 Å². The molecule has 1 fully saturated rings. The van der Waals surface area contributed by atoms with Crippen molar-refractivity contribution in [3.63, 3.8) is 0 Å². The van der Waals surface area contributed by atoms with E-state index in [-0.39, 0.29) is 30.1 Å². The first-order valence-corrected chi connectivity index (χ1v) is 9.31. The zero-order valence-electron chi connectivity index (χ0n) is 16.6. The monoisotopic (exact) mass is 500 g/mol. The molecule has 0 bridgehead atoms. The van der Waals surface area contributed by atoms with E-state index >= 15 is 0 Å². The van der Waals surface area contributed by atoms with Crippen LogP contribution in [0.4, 0.5) is 0 Å². The van der Waals surface area contributed by atoms with Crippen LogP contribution in [0.15, 0.2) is 29.5 Å². The van der Waals surface area contributed by atoms with Gasteiger partial charge in [0.15, 0.2) is 17.5 Å².